The Labute approximate surface area is 112 Å². The van der Waals surface area contributed by atoms with E-state index in [2.05, 4.69) is 6.92 Å². The molecule has 5 heteroatoms. The molecule has 1 aliphatic rings. The molecule has 1 saturated heterocycles. The van der Waals surface area contributed by atoms with Gasteiger partial charge in [-0.3, -0.25) is 0 Å². The second-order valence-corrected chi connectivity index (χ2v) is 5.25. The fourth-order valence-corrected chi connectivity index (χ4v) is 2.66. The Kier molecular flexibility index (Phi) is 3.64. The molecule has 1 aromatic rings. The monoisotopic (exact) mass is 266 g/mol. The molecule has 0 bridgehead atoms. The van der Waals surface area contributed by atoms with E-state index in [1.54, 1.807) is 0 Å². The van der Waals surface area contributed by atoms with Crippen molar-refractivity contribution in [2.24, 2.45) is 5.92 Å². The van der Waals surface area contributed by atoms with Gasteiger partial charge in [0.05, 0.1) is 11.3 Å². The van der Waals surface area contributed by atoms with Crippen LogP contribution >= 0.6 is 0 Å². The maximum absolute atomic E-state index is 14.1. The lowest BCUT2D eigenvalue weighted by molar-refractivity contribution is 0.0698. The minimum atomic E-state index is -1.13. The van der Waals surface area contributed by atoms with Crippen LogP contribution in [0.25, 0.3) is 0 Å². The van der Waals surface area contributed by atoms with E-state index in [0.29, 0.717) is 11.6 Å². The Morgan fingerprint density at radius 1 is 1.47 bits per heavy atom. The summed E-state index contributed by atoms with van der Waals surface area (Å²) in [6.07, 6.45) is 2.10. The van der Waals surface area contributed by atoms with Crippen LogP contribution in [0.1, 0.15) is 37.0 Å². The van der Waals surface area contributed by atoms with Gasteiger partial charge in [-0.2, -0.15) is 0 Å². The summed E-state index contributed by atoms with van der Waals surface area (Å²) in [4.78, 5) is 13.0. The first-order valence-electron chi connectivity index (χ1n) is 6.50. The van der Waals surface area contributed by atoms with Gasteiger partial charge >= 0.3 is 5.97 Å². The fourth-order valence-electron chi connectivity index (χ4n) is 2.66. The SMILES string of the molecule is CC1CCCN(c2cc(C(=O)O)c(N)cc2F)C1C. The zero-order valence-electron chi connectivity index (χ0n) is 11.2. The number of nitrogen functional groups attached to an aromatic ring is 1. The van der Waals surface area contributed by atoms with E-state index in [-0.39, 0.29) is 17.3 Å². The highest BCUT2D eigenvalue weighted by Gasteiger charge is 2.27. The standard InChI is InChI=1S/C14H19FN2O2/c1-8-4-3-5-17(9(8)2)13-6-10(14(18)19)12(16)7-11(13)15/h6-9H,3-5,16H2,1-2H3,(H,18,19). The quantitative estimate of drug-likeness (QED) is 0.808. The van der Waals surface area contributed by atoms with Crippen LogP contribution in [0.5, 0.6) is 0 Å². The molecule has 1 aliphatic heterocycles. The van der Waals surface area contributed by atoms with Gasteiger partial charge in [0.25, 0.3) is 0 Å². The second kappa shape index (κ2) is 5.07. The van der Waals surface area contributed by atoms with Crippen LogP contribution in [0, 0.1) is 11.7 Å². The van der Waals surface area contributed by atoms with Gasteiger partial charge in [-0.1, -0.05) is 6.92 Å². The number of piperidine rings is 1. The average Bonchev–Trinajstić information content (AvgIpc) is 2.33. The molecular formula is C14H19FN2O2. The summed E-state index contributed by atoms with van der Waals surface area (Å²) in [5.41, 5.74) is 5.81. The molecule has 104 valence electrons. The number of halogens is 1. The molecule has 0 aromatic heterocycles. The topological polar surface area (TPSA) is 66.6 Å². The maximum Gasteiger partial charge on any atom is 0.337 e. The number of hydrogen-bond acceptors (Lipinski definition) is 3. The zero-order valence-corrected chi connectivity index (χ0v) is 11.2. The molecule has 0 saturated carbocycles. The lowest BCUT2D eigenvalue weighted by Gasteiger charge is -2.39. The normalized spacial score (nSPS) is 23.4. The van der Waals surface area contributed by atoms with Crippen molar-refractivity contribution in [2.45, 2.75) is 32.7 Å². The molecule has 3 N–H and O–H groups in total. The number of benzene rings is 1. The van der Waals surface area contributed by atoms with Crippen LogP contribution in [0.15, 0.2) is 12.1 Å². The summed E-state index contributed by atoms with van der Waals surface area (Å²) in [5.74, 6) is -1.13. The van der Waals surface area contributed by atoms with Crippen molar-refractivity contribution >= 4 is 17.3 Å². The Morgan fingerprint density at radius 2 is 2.16 bits per heavy atom. The number of carboxylic acid groups (broad SMARTS) is 1. The summed E-state index contributed by atoms with van der Waals surface area (Å²) in [7, 11) is 0. The van der Waals surface area contributed by atoms with Crippen molar-refractivity contribution < 1.29 is 14.3 Å². The summed E-state index contributed by atoms with van der Waals surface area (Å²) < 4.78 is 14.1. The van der Waals surface area contributed by atoms with Crippen molar-refractivity contribution in [2.75, 3.05) is 17.2 Å². The van der Waals surface area contributed by atoms with E-state index in [9.17, 15) is 9.18 Å². The van der Waals surface area contributed by atoms with Crippen LogP contribution in [0.3, 0.4) is 0 Å². The molecular weight excluding hydrogens is 247 g/mol. The van der Waals surface area contributed by atoms with Gasteiger partial charge in [-0.15, -0.1) is 0 Å². The lowest BCUT2D eigenvalue weighted by Crippen LogP contribution is -2.43. The molecule has 0 aliphatic carbocycles. The molecule has 0 radical (unpaired) electrons. The third-order valence-corrected chi connectivity index (χ3v) is 4.03. The van der Waals surface area contributed by atoms with Gasteiger partial charge in [0.2, 0.25) is 0 Å². The molecule has 0 spiro atoms. The van der Waals surface area contributed by atoms with Crippen LogP contribution in [0.2, 0.25) is 0 Å². The zero-order chi connectivity index (χ0) is 14.2. The molecule has 19 heavy (non-hydrogen) atoms. The van der Waals surface area contributed by atoms with Crippen LogP contribution in [-0.2, 0) is 0 Å². The highest BCUT2D eigenvalue weighted by atomic mass is 19.1. The highest BCUT2D eigenvalue weighted by molar-refractivity contribution is 5.95. The first-order chi connectivity index (χ1) is 8.91. The number of rotatable bonds is 2. The van der Waals surface area contributed by atoms with E-state index in [1.807, 2.05) is 11.8 Å². The molecule has 1 aromatic carbocycles. The third kappa shape index (κ3) is 2.50. The summed E-state index contributed by atoms with van der Waals surface area (Å²) >= 11 is 0. The number of aromatic carboxylic acids is 1. The minimum absolute atomic E-state index is 0.0357. The Morgan fingerprint density at radius 3 is 2.79 bits per heavy atom. The van der Waals surface area contributed by atoms with Gasteiger partial charge in [0.15, 0.2) is 0 Å². The van der Waals surface area contributed by atoms with Gasteiger partial charge in [-0.05, 0) is 37.8 Å². The Bertz CT molecular complexity index is 504. The first-order valence-corrected chi connectivity index (χ1v) is 6.50. The van der Waals surface area contributed by atoms with Crippen LogP contribution in [0.4, 0.5) is 15.8 Å². The Hall–Kier alpha value is -1.78. The van der Waals surface area contributed by atoms with E-state index in [1.165, 1.54) is 6.07 Å². The number of carboxylic acids is 1. The summed E-state index contributed by atoms with van der Waals surface area (Å²) in [5, 5.41) is 9.08. The van der Waals surface area contributed by atoms with Crippen molar-refractivity contribution in [1.29, 1.82) is 0 Å². The average molecular weight is 266 g/mol. The lowest BCUT2D eigenvalue weighted by atomic mass is 9.91. The Balaban J connectivity index is 2.44. The smallest absolute Gasteiger partial charge is 0.337 e. The van der Waals surface area contributed by atoms with E-state index < -0.39 is 11.8 Å². The minimum Gasteiger partial charge on any atom is -0.478 e. The largest absolute Gasteiger partial charge is 0.478 e. The second-order valence-electron chi connectivity index (χ2n) is 5.25. The molecule has 2 rings (SSSR count). The van der Waals surface area contributed by atoms with E-state index >= 15 is 0 Å². The van der Waals surface area contributed by atoms with Gasteiger partial charge in [-0.25, -0.2) is 9.18 Å². The summed E-state index contributed by atoms with van der Waals surface area (Å²) in [6.45, 7) is 4.91. The van der Waals surface area contributed by atoms with Crippen LogP contribution in [-0.4, -0.2) is 23.7 Å². The number of nitrogens with zero attached hydrogens (tertiary/aromatic N) is 1. The van der Waals surface area contributed by atoms with Gasteiger partial charge in [0, 0.05) is 18.3 Å². The number of anilines is 2. The molecule has 2 unspecified atom stereocenters. The molecule has 4 nitrogen and oxygen atoms in total. The fraction of sp³-hybridized carbons (Fsp3) is 0.500. The molecule has 1 fully saturated rings. The molecule has 0 amide bonds. The van der Waals surface area contributed by atoms with Crippen LogP contribution < -0.4 is 10.6 Å². The third-order valence-electron chi connectivity index (χ3n) is 4.03. The molecule has 1 heterocycles. The van der Waals surface area contributed by atoms with Crippen molar-refractivity contribution in [3.05, 3.63) is 23.5 Å². The predicted molar refractivity (Wildman–Crippen MR) is 73.0 cm³/mol. The van der Waals surface area contributed by atoms with Gasteiger partial charge in [0.1, 0.15) is 5.82 Å². The first kappa shape index (κ1) is 13.6. The maximum atomic E-state index is 14.1. The van der Waals surface area contributed by atoms with E-state index in [4.69, 9.17) is 10.8 Å². The number of nitrogens with two attached hydrogens (primary N) is 1. The van der Waals surface area contributed by atoms with Crippen molar-refractivity contribution in [3.8, 4) is 0 Å². The van der Waals surface area contributed by atoms with Crippen molar-refractivity contribution in [1.82, 2.24) is 0 Å². The molecule has 2 atom stereocenters. The highest BCUT2D eigenvalue weighted by Crippen LogP contribution is 2.32. The predicted octanol–water partition coefficient (Wildman–Crippen LogP) is 2.73. The number of carbonyl (C=O) groups is 1. The van der Waals surface area contributed by atoms with Crippen molar-refractivity contribution in [3.63, 3.8) is 0 Å². The van der Waals surface area contributed by atoms with E-state index in [0.717, 1.165) is 25.5 Å². The number of hydrogen-bond donors (Lipinski definition) is 2. The van der Waals surface area contributed by atoms with Gasteiger partial charge < -0.3 is 15.7 Å². The summed E-state index contributed by atoms with van der Waals surface area (Å²) in [6, 6.07) is 2.64.